The van der Waals surface area contributed by atoms with E-state index < -0.39 is 0 Å². The maximum atomic E-state index is 5.44. The first kappa shape index (κ1) is 11.4. The van der Waals surface area contributed by atoms with Gasteiger partial charge in [0.05, 0.1) is 6.54 Å². The maximum absolute atomic E-state index is 5.44. The van der Waals surface area contributed by atoms with Gasteiger partial charge in [-0.05, 0) is 31.0 Å². The summed E-state index contributed by atoms with van der Waals surface area (Å²) in [5.74, 6) is 1.32. The van der Waals surface area contributed by atoms with E-state index in [-0.39, 0.29) is 0 Å². The van der Waals surface area contributed by atoms with E-state index in [1.54, 1.807) is 0 Å². The fourth-order valence-corrected chi connectivity index (χ4v) is 2.72. The first-order chi connectivity index (χ1) is 8.74. The van der Waals surface area contributed by atoms with Crippen molar-refractivity contribution in [1.82, 2.24) is 15.1 Å². The van der Waals surface area contributed by atoms with E-state index in [0.717, 1.165) is 6.42 Å². The number of benzene rings is 1. The third-order valence-corrected chi connectivity index (χ3v) is 3.59. The number of fused-ring (bicyclic) bond motifs is 1. The van der Waals surface area contributed by atoms with E-state index in [9.17, 15) is 0 Å². The number of hydrogen-bond donors (Lipinski definition) is 0. The van der Waals surface area contributed by atoms with Gasteiger partial charge in [0.2, 0.25) is 11.8 Å². The average Bonchev–Trinajstić information content (AvgIpc) is 2.95. The van der Waals surface area contributed by atoms with Crippen molar-refractivity contribution in [2.45, 2.75) is 32.4 Å². The lowest BCUT2D eigenvalue weighted by Gasteiger charge is -2.23. The number of rotatable bonds is 3. The molecule has 0 bridgehead atoms. The Morgan fingerprint density at radius 2 is 2.17 bits per heavy atom. The second kappa shape index (κ2) is 4.53. The van der Waals surface area contributed by atoms with Gasteiger partial charge in [-0.25, -0.2) is 0 Å². The molecule has 1 heterocycles. The van der Waals surface area contributed by atoms with Gasteiger partial charge in [0, 0.05) is 13.0 Å². The Balaban J connectivity index is 1.76. The summed E-state index contributed by atoms with van der Waals surface area (Å²) in [6, 6.07) is 9.14. The van der Waals surface area contributed by atoms with Crippen LogP contribution in [0, 0.1) is 6.92 Å². The third kappa shape index (κ3) is 2.04. The Bertz CT molecular complexity index is 549. The van der Waals surface area contributed by atoms with Gasteiger partial charge in [-0.3, -0.25) is 4.90 Å². The highest BCUT2D eigenvalue weighted by Crippen LogP contribution is 2.35. The first-order valence-corrected chi connectivity index (χ1v) is 6.31. The molecule has 0 radical (unpaired) electrons. The van der Waals surface area contributed by atoms with Crippen molar-refractivity contribution in [3.05, 3.63) is 47.2 Å². The van der Waals surface area contributed by atoms with Gasteiger partial charge in [0.25, 0.3) is 0 Å². The molecule has 94 valence electrons. The minimum absolute atomic E-state index is 0.466. The zero-order chi connectivity index (χ0) is 12.5. The Morgan fingerprint density at radius 1 is 1.33 bits per heavy atom. The van der Waals surface area contributed by atoms with Crippen LogP contribution < -0.4 is 0 Å². The fourth-order valence-electron chi connectivity index (χ4n) is 2.72. The Hall–Kier alpha value is -1.68. The molecule has 4 heteroatoms. The van der Waals surface area contributed by atoms with Gasteiger partial charge in [0.15, 0.2) is 0 Å². The molecule has 0 fully saturated rings. The van der Waals surface area contributed by atoms with Gasteiger partial charge in [0.1, 0.15) is 0 Å². The number of aromatic nitrogens is 2. The van der Waals surface area contributed by atoms with Crippen molar-refractivity contribution in [1.29, 1.82) is 0 Å². The van der Waals surface area contributed by atoms with Gasteiger partial charge in [-0.15, -0.1) is 10.2 Å². The number of aryl methyl sites for hydroxylation is 2. The van der Waals surface area contributed by atoms with Crippen LogP contribution in [0.1, 0.15) is 35.4 Å². The highest BCUT2D eigenvalue weighted by Gasteiger charge is 2.26. The minimum atomic E-state index is 0.466. The average molecular weight is 243 g/mol. The van der Waals surface area contributed by atoms with Crippen LogP contribution >= 0.6 is 0 Å². The first-order valence-electron chi connectivity index (χ1n) is 6.31. The molecule has 0 amide bonds. The predicted octanol–water partition coefficient (Wildman–Crippen LogP) is 2.50. The summed E-state index contributed by atoms with van der Waals surface area (Å²) in [5, 5.41) is 7.92. The lowest BCUT2D eigenvalue weighted by atomic mass is 10.1. The Kier molecular flexibility index (Phi) is 2.88. The molecule has 1 aliphatic carbocycles. The lowest BCUT2D eigenvalue weighted by molar-refractivity contribution is 0.212. The quantitative estimate of drug-likeness (QED) is 0.830. The second-order valence-corrected chi connectivity index (χ2v) is 4.88. The SMILES string of the molecule is Cc1nnc(CN(C)[C@@H]2CCc3ccccc32)o1. The normalized spacial score (nSPS) is 18.3. The zero-order valence-electron chi connectivity index (χ0n) is 10.8. The number of hydrogen-bond acceptors (Lipinski definition) is 4. The molecule has 3 rings (SSSR count). The predicted molar refractivity (Wildman–Crippen MR) is 68.0 cm³/mol. The van der Waals surface area contributed by atoms with E-state index in [1.165, 1.54) is 17.5 Å². The molecule has 1 aliphatic rings. The van der Waals surface area contributed by atoms with Crippen LogP contribution in [-0.4, -0.2) is 22.1 Å². The van der Waals surface area contributed by atoms with Gasteiger partial charge >= 0.3 is 0 Å². The highest BCUT2D eigenvalue weighted by molar-refractivity contribution is 5.34. The van der Waals surface area contributed by atoms with Gasteiger partial charge in [-0.2, -0.15) is 0 Å². The summed E-state index contributed by atoms with van der Waals surface area (Å²) in [6.45, 7) is 2.53. The van der Waals surface area contributed by atoms with Crippen LogP contribution in [0.3, 0.4) is 0 Å². The molecule has 0 aliphatic heterocycles. The summed E-state index contributed by atoms with van der Waals surface area (Å²) in [6.07, 6.45) is 2.33. The van der Waals surface area contributed by atoms with E-state index in [1.807, 2.05) is 6.92 Å². The Labute approximate surface area is 107 Å². The molecule has 2 aromatic rings. The van der Waals surface area contributed by atoms with Crippen LogP contribution in [0.15, 0.2) is 28.7 Å². The summed E-state index contributed by atoms with van der Waals surface area (Å²) in [7, 11) is 2.12. The van der Waals surface area contributed by atoms with Gasteiger partial charge in [-0.1, -0.05) is 24.3 Å². The second-order valence-electron chi connectivity index (χ2n) is 4.88. The molecule has 4 nitrogen and oxygen atoms in total. The molecule has 0 unspecified atom stereocenters. The molecule has 18 heavy (non-hydrogen) atoms. The van der Waals surface area contributed by atoms with Crippen molar-refractivity contribution in [2.75, 3.05) is 7.05 Å². The largest absolute Gasteiger partial charge is 0.424 e. The molecule has 0 saturated heterocycles. The van der Waals surface area contributed by atoms with E-state index in [2.05, 4.69) is 46.4 Å². The molecular formula is C14H17N3O. The topological polar surface area (TPSA) is 42.2 Å². The van der Waals surface area contributed by atoms with Crippen LogP contribution in [0.25, 0.3) is 0 Å². The minimum Gasteiger partial charge on any atom is -0.424 e. The van der Waals surface area contributed by atoms with Crippen LogP contribution in [-0.2, 0) is 13.0 Å². The maximum Gasteiger partial charge on any atom is 0.230 e. The summed E-state index contributed by atoms with van der Waals surface area (Å²) in [4.78, 5) is 2.29. The van der Waals surface area contributed by atoms with Crippen molar-refractivity contribution in [3.8, 4) is 0 Å². The molecular weight excluding hydrogens is 226 g/mol. The molecule has 0 saturated carbocycles. The molecule has 0 N–H and O–H groups in total. The monoisotopic (exact) mass is 243 g/mol. The van der Waals surface area contributed by atoms with Crippen molar-refractivity contribution < 1.29 is 4.42 Å². The standard InChI is InChI=1S/C14H17N3O/c1-10-15-16-14(18-10)9-17(2)13-8-7-11-5-3-4-6-12(11)13/h3-6,13H,7-9H2,1-2H3/t13-/m1/s1. The van der Waals surface area contributed by atoms with Crippen molar-refractivity contribution in [3.63, 3.8) is 0 Å². The van der Waals surface area contributed by atoms with Crippen LogP contribution in [0.4, 0.5) is 0 Å². The zero-order valence-corrected chi connectivity index (χ0v) is 10.8. The lowest BCUT2D eigenvalue weighted by Crippen LogP contribution is -2.22. The van der Waals surface area contributed by atoms with Crippen molar-refractivity contribution >= 4 is 0 Å². The smallest absolute Gasteiger partial charge is 0.230 e. The van der Waals surface area contributed by atoms with Crippen LogP contribution in [0.5, 0.6) is 0 Å². The van der Waals surface area contributed by atoms with E-state index >= 15 is 0 Å². The summed E-state index contributed by atoms with van der Waals surface area (Å²) < 4.78 is 5.44. The third-order valence-electron chi connectivity index (χ3n) is 3.59. The summed E-state index contributed by atoms with van der Waals surface area (Å²) >= 11 is 0. The molecule has 1 aromatic carbocycles. The highest BCUT2D eigenvalue weighted by atomic mass is 16.4. The fraction of sp³-hybridized carbons (Fsp3) is 0.429. The van der Waals surface area contributed by atoms with E-state index in [0.29, 0.717) is 24.4 Å². The number of nitrogens with zero attached hydrogens (tertiary/aromatic N) is 3. The molecule has 0 spiro atoms. The molecule has 1 atom stereocenters. The van der Waals surface area contributed by atoms with Crippen LogP contribution in [0.2, 0.25) is 0 Å². The summed E-state index contributed by atoms with van der Waals surface area (Å²) in [5.41, 5.74) is 2.91. The van der Waals surface area contributed by atoms with E-state index in [4.69, 9.17) is 4.42 Å². The molecule has 1 aromatic heterocycles. The Morgan fingerprint density at radius 3 is 2.94 bits per heavy atom. The van der Waals surface area contributed by atoms with Gasteiger partial charge < -0.3 is 4.42 Å². The van der Waals surface area contributed by atoms with Crippen molar-refractivity contribution in [2.24, 2.45) is 0 Å².